The summed E-state index contributed by atoms with van der Waals surface area (Å²) in [6.07, 6.45) is 0. The summed E-state index contributed by atoms with van der Waals surface area (Å²) in [6.45, 7) is 0. The van der Waals surface area contributed by atoms with E-state index in [0.29, 0.717) is 0 Å². The van der Waals surface area contributed by atoms with E-state index in [9.17, 15) is 31.3 Å². The largest absolute Gasteiger partial charge is 1.00 e. The number of fused-ring (bicyclic) bond motifs is 2. The molecule has 11 heteroatoms. The van der Waals surface area contributed by atoms with E-state index in [4.69, 9.17) is 5.73 Å². The number of halogens is 2. The van der Waals surface area contributed by atoms with Gasteiger partial charge in [-0.05, 0) is 18.2 Å². The van der Waals surface area contributed by atoms with Crippen molar-refractivity contribution in [1.82, 2.24) is 0 Å². The van der Waals surface area contributed by atoms with E-state index in [0.717, 1.165) is 24.3 Å². The van der Waals surface area contributed by atoms with Crippen molar-refractivity contribution < 1.29 is 62.3 Å². The van der Waals surface area contributed by atoms with Crippen molar-refractivity contribution >= 4 is 38.7 Å². The first kappa shape index (κ1) is 23.0. The SMILES string of the molecule is Nc1c(S(=O)(=O)O)cc(Nc2c(F)cccc2F)c2c1C(=O)c1ccccc1C2=O.[H-].[Na+]. The van der Waals surface area contributed by atoms with Gasteiger partial charge in [-0.1, -0.05) is 30.3 Å². The van der Waals surface area contributed by atoms with Crippen LogP contribution in [-0.4, -0.2) is 24.5 Å². The molecule has 0 bridgehead atoms. The zero-order chi connectivity index (χ0) is 21.8. The average molecular weight is 454 g/mol. The number of nitrogen functional groups attached to an aromatic ring is 1. The van der Waals surface area contributed by atoms with Crippen LogP contribution in [0.3, 0.4) is 0 Å². The zero-order valence-electron chi connectivity index (χ0n) is 16.9. The Morgan fingerprint density at radius 1 is 0.903 bits per heavy atom. The number of hydrogen-bond acceptors (Lipinski definition) is 6. The van der Waals surface area contributed by atoms with Gasteiger partial charge >= 0.3 is 29.6 Å². The maximum Gasteiger partial charge on any atom is 1.00 e. The van der Waals surface area contributed by atoms with E-state index in [-0.39, 0.29) is 47.7 Å². The second-order valence-corrected chi connectivity index (χ2v) is 7.88. The molecule has 0 amide bonds. The molecule has 1 aliphatic rings. The summed E-state index contributed by atoms with van der Waals surface area (Å²) >= 11 is 0. The summed E-state index contributed by atoms with van der Waals surface area (Å²) < 4.78 is 61.5. The van der Waals surface area contributed by atoms with Crippen molar-refractivity contribution in [3.63, 3.8) is 0 Å². The maximum absolute atomic E-state index is 14.1. The van der Waals surface area contributed by atoms with Crippen molar-refractivity contribution in [3.05, 3.63) is 82.4 Å². The third-order valence-electron chi connectivity index (χ3n) is 4.70. The number of nitrogens with two attached hydrogens (primary N) is 1. The number of nitrogens with one attached hydrogen (secondary N) is 1. The predicted octanol–water partition coefficient (Wildman–Crippen LogP) is 0.429. The molecule has 0 atom stereocenters. The van der Waals surface area contributed by atoms with Gasteiger partial charge < -0.3 is 12.5 Å². The number of anilines is 3. The number of ketones is 2. The van der Waals surface area contributed by atoms with Gasteiger partial charge in [0.1, 0.15) is 22.2 Å². The molecule has 0 aliphatic heterocycles. The fourth-order valence-electron chi connectivity index (χ4n) is 3.36. The first-order valence-corrected chi connectivity index (χ1v) is 9.88. The summed E-state index contributed by atoms with van der Waals surface area (Å²) in [5.41, 5.74) is 3.29. The Kier molecular flexibility index (Phi) is 6.05. The Balaban J connectivity index is 0.00000181. The van der Waals surface area contributed by atoms with Crippen LogP contribution < -0.4 is 40.6 Å². The molecule has 3 aromatic rings. The van der Waals surface area contributed by atoms with E-state index in [1.54, 1.807) is 0 Å². The Labute approximate surface area is 198 Å². The molecule has 3 aromatic carbocycles. The van der Waals surface area contributed by atoms with Crippen LogP contribution in [0.15, 0.2) is 53.4 Å². The topological polar surface area (TPSA) is 127 Å². The Hall–Kier alpha value is -2.63. The van der Waals surface area contributed by atoms with E-state index >= 15 is 0 Å². The molecule has 0 fully saturated rings. The van der Waals surface area contributed by atoms with Gasteiger partial charge in [0.25, 0.3) is 10.1 Å². The summed E-state index contributed by atoms with van der Waals surface area (Å²) in [5, 5.41) is 2.34. The van der Waals surface area contributed by atoms with Crippen molar-refractivity contribution in [3.8, 4) is 0 Å². The van der Waals surface area contributed by atoms with Gasteiger partial charge in [0.2, 0.25) is 0 Å². The van der Waals surface area contributed by atoms with Crippen LogP contribution in [0, 0.1) is 11.6 Å². The molecule has 7 nitrogen and oxygen atoms in total. The third kappa shape index (κ3) is 3.77. The van der Waals surface area contributed by atoms with Crippen LogP contribution in [0.25, 0.3) is 0 Å². The van der Waals surface area contributed by atoms with Crippen LogP contribution in [0.2, 0.25) is 0 Å². The molecule has 0 spiro atoms. The molecule has 4 N–H and O–H groups in total. The van der Waals surface area contributed by atoms with Gasteiger partial charge in [-0.2, -0.15) is 8.42 Å². The summed E-state index contributed by atoms with van der Waals surface area (Å²) in [5.74, 6) is -3.51. The van der Waals surface area contributed by atoms with Gasteiger partial charge in [-0.3, -0.25) is 14.1 Å². The quantitative estimate of drug-likeness (QED) is 0.233. The van der Waals surface area contributed by atoms with Crippen LogP contribution in [0.1, 0.15) is 33.3 Å². The normalized spacial score (nSPS) is 12.6. The van der Waals surface area contributed by atoms with Crippen molar-refractivity contribution in [1.29, 1.82) is 0 Å². The second-order valence-electron chi connectivity index (χ2n) is 6.49. The van der Waals surface area contributed by atoms with Gasteiger partial charge in [0, 0.05) is 11.1 Å². The van der Waals surface area contributed by atoms with Gasteiger partial charge in [0.05, 0.1) is 22.5 Å². The Morgan fingerprint density at radius 2 is 1.42 bits per heavy atom. The van der Waals surface area contributed by atoms with Crippen LogP contribution >= 0.6 is 0 Å². The molecule has 0 heterocycles. The van der Waals surface area contributed by atoms with Crippen LogP contribution in [-0.2, 0) is 10.1 Å². The Morgan fingerprint density at radius 3 is 1.94 bits per heavy atom. The molecular weight excluding hydrogens is 441 g/mol. The fraction of sp³-hybridized carbons (Fsp3) is 0. The molecule has 31 heavy (non-hydrogen) atoms. The van der Waals surface area contributed by atoms with Crippen LogP contribution in [0.5, 0.6) is 0 Å². The van der Waals surface area contributed by atoms with Gasteiger partial charge in [-0.25, -0.2) is 8.78 Å². The molecule has 154 valence electrons. The standard InChI is InChI=1S/C20H12F2N2O5S.Na.H/c21-11-6-3-7-12(22)18(11)24-13-8-14(30(27,28)29)17(23)16-15(13)19(25)9-4-1-2-5-10(9)20(16)26;;/h1-8,24H,23H2,(H,27,28,29);;/q;+1;-1. The predicted molar refractivity (Wildman–Crippen MR) is 105 cm³/mol. The molecule has 0 saturated carbocycles. The van der Waals surface area contributed by atoms with Crippen molar-refractivity contribution in [2.24, 2.45) is 0 Å². The molecule has 0 aromatic heterocycles. The second kappa shape index (κ2) is 8.13. The number of carbonyl (C=O) groups is 2. The monoisotopic (exact) mass is 454 g/mol. The summed E-state index contributed by atoms with van der Waals surface area (Å²) in [6, 6.07) is 9.54. The number of para-hydroxylation sites is 1. The fourth-order valence-corrected chi connectivity index (χ4v) is 4.00. The molecule has 4 rings (SSSR count). The number of rotatable bonds is 3. The molecule has 0 radical (unpaired) electrons. The van der Waals surface area contributed by atoms with Crippen LogP contribution in [0.4, 0.5) is 25.8 Å². The smallest absolute Gasteiger partial charge is 1.00 e. The molecule has 0 saturated heterocycles. The molecular formula is C20H13F2N2NaO5S. The summed E-state index contributed by atoms with van der Waals surface area (Å²) in [4.78, 5) is 25.2. The molecule has 1 aliphatic carbocycles. The van der Waals surface area contributed by atoms with E-state index < -0.39 is 60.8 Å². The van der Waals surface area contributed by atoms with Crippen molar-refractivity contribution in [2.75, 3.05) is 11.1 Å². The average Bonchev–Trinajstić information content (AvgIpc) is 2.68. The minimum absolute atomic E-state index is 0. The van der Waals surface area contributed by atoms with E-state index in [1.165, 1.54) is 24.3 Å². The number of carbonyl (C=O) groups excluding carboxylic acids is 2. The first-order valence-electron chi connectivity index (χ1n) is 8.44. The number of hydrogen-bond donors (Lipinski definition) is 3. The first-order chi connectivity index (χ1) is 14.1. The van der Waals surface area contributed by atoms with E-state index in [1.807, 2.05) is 0 Å². The van der Waals surface area contributed by atoms with Gasteiger partial charge in [0.15, 0.2) is 11.6 Å². The summed E-state index contributed by atoms with van der Waals surface area (Å²) in [7, 11) is -4.94. The number of benzene rings is 3. The van der Waals surface area contributed by atoms with E-state index in [2.05, 4.69) is 5.32 Å². The molecule has 0 unspecified atom stereocenters. The minimum Gasteiger partial charge on any atom is -1.00 e. The third-order valence-corrected chi connectivity index (χ3v) is 5.59. The van der Waals surface area contributed by atoms with Gasteiger partial charge in [-0.15, -0.1) is 0 Å². The maximum atomic E-state index is 14.1. The minimum atomic E-state index is -4.94. The zero-order valence-corrected chi connectivity index (χ0v) is 18.8. The van der Waals surface area contributed by atoms with Crippen molar-refractivity contribution in [2.45, 2.75) is 4.90 Å². The Bertz CT molecular complexity index is 1360.